The van der Waals surface area contributed by atoms with Crippen molar-refractivity contribution < 1.29 is 4.43 Å². The summed E-state index contributed by atoms with van der Waals surface area (Å²) in [6.45, 7) is 3.57. The number of hydrogen-bond donors (Lipinski definition) is 0. The van der Waals surface area contributed by atoms with Crippen molar-refractivity contribution in [1.82, 2.24) is 4.98 Å². The van der Waals surface area contributed by atoms with Gasteiger partial charge in [0.05, 0.1) is 5.69 Å². The fourth-order valence-corrected chi connectivity index (χ4v) is 0.497. The Kier molecular flexibility index (Phi) is 6.57. The Balaban J connectivity index is 0.000000292. The number of nitrogens with zero attached hydrogens (tertiary/aromatic N) is 1. The highest BCUT2D eigenvalue weighted by Crippen LogP contribution is 1.91. The van der Waals surface area contributed by atoms with Gasteiger partial charge >= 0.3 is 0 Å². The van der Waals surface area contributed by atoms with Crippen LogP contribution in [0.2, 0.25) is 0 Å². The fraction of sp³-hybridized carbons (Fsp3) is 0.125. The molecule has 0 amide bonds. The highest BCUT2D eigenvalue weighted by atomic mass is 28.2. The fourth-order valence-electron chi connectivity index (χ4n) is 0.497. The molecule has 60 valence electrons. The largest absolute Gasteiger partial charge is 0.431 e. The van der Waals surface area contributed by atoms with Crippen molar-refractivity contribution in [2.24, 2.45) is 0 Å². The molecule has 0 unspecified atom stereocenters. The van der Waals surface area contributed by atoms with Gasteiger partial charge in [0.25, 0.3) is 0 Å². The first-order valence-electron chi connectivity index (χ1n) is 3.28. The van der Waals surface area contributed by atoms with Crippen LogP contribution in [0.15, 0.2) is 31.0 Å². The molecule has 2 nitrogen and oxygen atoms in total. The van der Waals surface area contributed by atoms with Gasteiger partial charge in [0.2, 0.25) is 0 Å². The molecule has 1 rings (SSSR count). The maximum absolute atomic E-state index is 4.39. The minimum absolute atomic E-state index is 0.869. The van der Waals surface area contributed by atoms with Gasteiger partial charge in [-0.05, 0) is 18.2 Å². The van der Waals surface area contributed by atoms with Gasteiger partial charge in [-0.2, -0.15) is 0 Å². The van der Waals surface area contributed by atoms with E-state index in [0.717, 1.165) is 16.2 Å². The van der Waals surface area contributed by atoms with Crippen LogP contribution in [0.5, 0.6) is 0 Å². The van der Waals surface area contributed by atoms with Gasteiger partial charge in [0.15, 0.2) is 0 Å². The molecule has 0 spiro atoms. The lowest BCUT2D eigenvalue weighted by Crippen LogP contribution is -1.73. The third-order valence-electron chi connectivity index (χ3n) is 0.897. The first kappa shape index (κ1) is 10.1. The monoisotopic (exact) mass is 167 g/mol. The summed E-state index contributed by atoms with van der Waals surface area (Å²) in [5, 5.41) is 0. The Morgan fingerprint density at radius 3 is 2.55 bits per heavy atom. The maximum Gasteiger partial charge on any atom is 0.145 e. The average Bonchev–Trinajstić information content (AvgIpc) is 2.08. The molecule has 11 heavy (non-hydrogen) atoms. The summed E-state index contributed by atoms with van der Waals surface area (Å²) in [5.74, 6) is 0. The summed E-state index contributed by atoms with van der Waals surface area (Å²) in [5.41, 5.74) is 0.924. The lowest BCUT2D eigenvalue weighted by atomic mass is 10.4. The van der Waals surface area contributed by atoms with Crippen LogP contribution in [-0.2, 0) is 4.43 Å². The number of hydrogen-bond acceptors (Lipinski definition) is 2. The zero-order valence-electron chi connectivity index (χ0n) is 6.95. The van der Waals surface area contributed by atoms with E-state index in [-0.39, 0.29) is 0 Å². The Labute approximate surface area is 70.5 Å². The molecule has 1 heterocycles. The number of rotatable bonds is 1. The molecule has 0 atom stereocenters. The van der Waals surface area contributed by atoms with Crippen LogP contribution in [0, 0.1) is 0 Å². The van der Waals surface area contributed by atoms with Crippen LogP contribution in [0.4, 0.5) is 0 Å². The molecule has 0 fully saturated rings. The smallest absolute Gasteiger partial charge is 0.145 e. The van der Waals surface area contributed by atoms with Crippen LogP contribution >= 0.6 is 0 Å². The third-order valence-corrected chi connectivity index (χ3v) is 0.897. The van der Waals surface area contributed by atoms with E-state index >= 15 is 0 Å². The molecular weight excluding hydrogens is 154 g/mol. The Morgan fingerprint density at radius 1 is 1.64 bits per heavy atom. The van der Waals surface area contributed by atoms with Crippen LogP contribution < -0.4 is 0 Å². The van der Waals surface area contributed by atoms with Crippen molar-refractivity contribution in [2.45, 2.75) is 0 Å². The van der Waals surface area contributed by atoms with E-state index in [9.17, 15) is 0 Å². The minimum atomic E-state index is 0.869. The molecule has 0 aliphatic rings. The molecule has 0 saturated carbocycles. The first-order valence-corrected chi connectivity index (χ1v) is 4.10. The summed E-state index contributed by atoms with van der Waals surface area (Å²) in [7, 11) is 2.56. The van der Waals surface area contributed by atoms with E-state index in [2.05, 4.69) is 16.0 Å². The van der Waals surface area contributed by atoms with Gasteiger partial charge < -0.3 is 4.43 Å². The van der Waals surface area contributed by atoms with E-state index in [1.54, 1.807) is 19.4 Å². The second-order valence-corrected chi connectivity index (χ2v) is 2.68. The van der Waals surface area contributed by atoms with E-state index < -0.39 is 0 Å². The molecule has 1 aromatic heterocycles. The second-order valence-electron chi connectivity index (χ2n) is 1.87. The van der Waals surface area contributed by atoms with Crippen molar-refractivity contribution in [3.05, 3.63) is 36.7 Å². The topological polar surface area (TPSA) is 22.1 Å². The molecule has 1 aromatic rings. The van der Waals surface area contributed by atoms with Crippen LogP contribution in [0.25, 0.3) is 6.08 Å². The normalized spacial score (nSPS) is 8.09. The Hall–Kier alpha value is -0.933. The molecule has 0 aliphatic carbocycles. The van der Waals surface area contributed by atoms with Gasteiger partial charge in [0, 0.05) is 13.3 Å². The van der Waals surface area contributed by atoms with Crippen LogP contribution in [-0.4, -0.2) is 22.6 Å². The van der Waals surface area contributed by atoms with E-state index in [1.165, 1.54) is 0 Å². The Bertz CT molecular complexity index is 189. The van der Waals surface area contributed by atoms with E-state index in [0.29, 0.717) is 0 Å². The molecule has 0 radical (unpaired) electrons. The molecule has 0 aromatic carbocycles. The molecule has 0 bridgehead atoms. The van der Waals surface area contributed by atoms with Gasteiger partial charge in [0.1, 0.15) is 10.5 Å². The Morgan fingerprint density at radius 2 is 2.27 bits per heavy atom. The zero-order chi connectivity index (χ0) is 8.53. The number of pyridine rings is 1. The summed E-state index contributed by atoms with van der Waals surface area (Å²) in [6, 6.07) is 5.73. The molecule has 3 heteroatoms. The van der Waals surface area contributed by atoms with Gasteiger partial charge in [-0.1, -0.05) is 12.6 Å². The van der Waals surface area contributed by atoms with Crippen molar-refractivity contribution in [2.75, 3.05) is 7.11 Å². The number of aromatic nitrogens is 1. The second kappa shape index (κ2) is 7.18. The predicted octanol–water partition coefficient (Wildman–Crippen LogP) is 0.638. The zero-order valence-corrected chi connectivity index (χ0v) is 8.95. The van der Waals surface area contributed by atoms with Gasteiger partial charge in [-0.25, -0.2) is 0 Å². The first-order chi connectivity index (χ1) is 5.35. The highest BCUT2D eigenvalue weighted by molar-refractivity contribution is 5.97. The summed E-state index contributed by atoms with van der Waals surface area (Å²) in [4.78, 5) is 3.98. The lowest BCUT2D eigenvalue weighted by molar-refractivity contribution is 0.460. The molecule has 0 N–H and O–H groups in total. The molecular formula is C8H13NOSi. The van der Waals surface area contributed by atoms with Gasteiger partial charge in [-0.15, -0.1) is 0 Å². The SMILES string of the molecule is C=Cc1ccccn1.CO[SiH3]. The maximum atomic E-state index is 4.39. The van der Waals surface area contributed by atoms with Crippen molar-refractivity contribution in [1.29, 1.82) is 0 Å². The minimum Gasteiger partial charge on any atom is -0.431 e. The van der Waals surface area contributed by atoms with Crippen molar-refractivity contribution in [3.8, 4) is 0 Å². The highest BCUT2D eigenvalue weighted by Gasteiger charge is 1.77. The van der Waals surface area contributed by atoms with Crippen molar-refractivity contribution in [3.63, 3.8) is 0 Å². The third kappa shape index (κ3) is 5.51. The van der Waals surface area contributed by atoms with E-state index in [1.807, 2.05) is 18.2 Å². The average molecular weight is 167 g/mol. The summed E-state index contributed by atoms with van der Waals surface area (Å²) < 4.78 is 4.39. The quantitative estimate of drug-likeness (QED) is 0.573. The van der Waals surface area contributed by atoms with Crippen LogP contribution in [0.1, 0.15) is 5.69 Å². The van der Waals surface area contributed by atoms with Gasteiger partial charge in [-0.3, -0.25) is 4.98 Å². The summed E-state index contributed by atoms with van der Waals surface area (Å²) >= 11 is 0. The molecule has 0 aliphatic heterocycles. The predicted molar refractivity (Wildman–Crippen MR) is 51.3 cm³/mol. The van der Waals surface area contributed by atoms with Crippen molar-refractivity contribution >= 4 is 16.6 Å². The standard InChI is InChI=1S/C7H7N.CH6OSi/c1-2-7-5-3-4-6-8-7;1-2-3/h2-6H,1H2;1,3H3. The van der Waals surface area contributed by atoms with E-state index in [4.69, 9.17) is 0 Å². The molecule has 0 saturated heterocycles. The van der Waals surface area contributed by atoms with Crippen LogP contribution in [0.3, 0.4) is 0 Å². The summed E-state index contributed by atoms with van der Waals surface area (Å²) in [6.07, 6.45) is 3.47. The lowest BCUT2D eigenvalue weighted by Gasteiger charge is -1.84.